The normalized spacial score (nSPS) is 32.2. The largest absolute Gasteiger partial charge is 0.414 e. The number of hydrogen-bond donors (Lipinski definition) is 1. The van der Waals surface area contributed by atoms with Gasteiger partial charge in [0.15, 0.2) is 12.3 Å². The molecule has 0 amide bonds. The van der Waals surface area contributed by atoms with Crippen molar-refractivity contribution in [2.75, 3.05) is 20.2 Å². The molecule has 4 atom stereocenters. The lowest BCUT2D eigenvalue weighted by molar-refractivity contribution is -0.257. The zero-order valence-electron chi connectivity index (χ0n) is 23.3. The molecule has 1 aromatic heterocycles. The molecule has 0 aromatic carbocycles. The number of likely N-dealkylation sites (N-methyl/N-ethyl adjacent to an activating group) is 1. The minimum absolute atomic E-state index is 0.149. The number of aromatic amines is 1. The van der Waals surface area contributed by atoms with Gasteiger partial charge in [0.2, 0.25) is 0 Å². The van der Waals surface area contributed by atoms with Crippen LogP contribution in [0.3, 0.4) is 0 Å². The van der Waals surface area contributed by atoms with Crippen molar-refractivity contribution in [1.82, 2.24) is 14.6 Å². The summed E-state index contributed by atoms with van der Waals surface area (Å²) in [6.45, 7) is 19.8. The van der Waals surface area contributed by atoms with Gasteiger partial charge in [-0.15, -0.1) is 0 Å². The standard InChI is InChI=1S/C24H43N3O7Si2/c1-14(2)35(15(3)4)30-13-24-12-26(10)32-19(20(24)33-36(34-35,16(5)6)17(7)8)22(31-24)27-11-18(9)21(28)25-23(27)29/h11,14-17,19-20,22H,12-13H2,1-10H3,(H,25,28,29)/t19?,20?,22-,24-/m1/s1. The molecule has 36 heavy (non-hydrogen) atoms. The molecule has 0 spiro atoms. The van der Waals surface area contributed by atoms with E-state index in [2.05, 4.69) is 60.4 Å². The van der Waals surface area contributed by atoms with E-state index in [0.717, 1.165) is 0 Å². The summed E-state index contributed by atoms with van der Waals surface area (Å²) in [4.78, 5) is 33.6. The summed E-state index contributed by atoms with van der Waals surface area (Å²) in [5.74, 6) is 0. The van der Waals surface area contributed by atoms with Crippen molar-refractivity contribution in [2.45, 2.75) is 109 Å². The summed E-state index contributed by atoms with van der Waals surface area (Å²) in [5.41, 5.74) is -0.695. The topological polar surface area (TPSA) is 104 Å². The van der Waals surface area contributed by atoms with E-state index in [1.54, 1.807) is 12.0 Å². The fourth-order valence-corrected chi connectivity index (χ4v) is 17.4. The molecule has 204 valence electrons. The van der Waals surface area contributed by atoms with Crippen molar-refractivity contribution < 1.29 is 22.5 Å². The van der Waals surface area contributed by atoms with Crippen LogP contribution in [0.1, 0.15) is 67.2 Å². The van der Waals surface area contributed by atoms with Gasteiger partial charge in [-0.05, 0) is 29.1 Å². The van der Waals surface area contributed by atoms with Crippen LogP contribution < -0.4 is 11.2 Å². The lowest BCUT2D eigenvalue weighted by Crippen LogP contribution is -2.71. The van der Waals surface area contributed by atoms with E-state index in [9.17, 15) is 9.59 Å². The number of hydrogen-bond acceptors (Lipinski definition) is 8. The Hall–Kier alpha value is -1.13. The molecule has 3 fully saturated rings. The first-order valence-corrected chi connectivity index (χ1v) is 17.0. The Bertz CT molecular complexity index is 1070. The van der Waals surface area contributed by atoms with Crippen molar-refractivity contribution >= 4 is 17.1 Å². The van der Waals surface area contributed by atoms with Gasteiger partial charge in [0.05, 0.1) is 13.2 Å². The lowest BCUT2D eigenvalue weighted by Gasteiger charge is -2.55. The highest BCUT2D eigenvalue weighted by molar-refractivity contribution is 6.84. The zero-order valence-corrected chi connectivity index (χ0v) is 25.3. The van der Waals surface area contributed by atoms with E-state index in [1.165, 1.54) is 10.8 Å². The number of aromatic nitrogens is 2. The van der Waals surface area contributed by atoms with Gasteiger partial charge in [-0.1, -0.05) is 55.4 Å². The van der Waals surface area contributed by atoms with Crippen molar-refractivity contribution in [1.29, 1.82) is 0 Å². The van der Waals surface area contributed by atoms with Gasteiger partial charge in [0, 0.05) is 18.8 Å². The number of aryl methyl sites for hydroxylation is 1. The maximum atomic E-state index is 12.9. The molecule has 2 unspecified atom stereocenters. The van der Waals surface area contributed by atoms with Gasteiger partial charge < -0.3 is 17.7 Å². The molecule has 4 heterocycles. The van der Waals surface area contributed by atoms with Crippen LogP contribution in [0.4, 0.5) is 0 Å². The highest BCUT2D eigenvalue weighted by Crippen LogP contribution is 2.52. The molecule has 0 aliphatic carbocycles. The van der Waals surface area contributed by atoms with Gasteiger partial charge >= 0.3 is 22.8 Å². The SMILES string of the molecule is Cc1cn([C@@H]2O[C@]34CO[Si](C(C)C)(C(C)C)O[Si](C(C)C)(C(C)C)OC3C2ON(C)C4)c(=O)[nH]c1=O. The number of rotatable bonds is 5. The minimum atomic E-state index is -2.91. The summed E-state index contributed by atoms with van der Waals surface area (Å²) in [7, 11) is -3.82. The van der Waals surface area contributed by atoms with E-state index < -0.39 is 52.4 Å². The van der Waals surface area contributed by atoms with Gasteiger partial charge in [-0.2, -0.15) is 5.06 Å². The molecule has 0 saturated carbocycles. The van der Waals surface area contributed by atoms with Crippen LogP contribution in [0.2, 0.25) is 22.2 Å². The van der Waals surface area contributed by atoms with Crippen LogP contribution in [0.15, 0.2) is 15.8 Å². The van der Waals surface area contributed by atoms with Crippen LogP contribution in [0, 0.1) is 6.92 Å². The van der Waals surface area contributed by atoms with Crippen LogP contribution in [0.5, 0.6) is 0 Å². The average molecular weight is 542 g/mol. The second kappa shape index (κ2) is 9.56. The first-order valence-electron chi connectivity index (χ1n) is 13.1. The van der Waals surface area contributed by atoms with Crippen molar-refractivity contribution in [3.8, 4) is 0 Å². The van der Waals surface area contributed by atoms with Gasteiger partial charge in [0.25, 0.3) is 5.56 Å². The summed E-state index contributed by atoms with van der Waals surface area (Å²) < 4.78 is 29.7. The van der Waals surface area contributed by atoms with E-state index in [-0.39, 0.29) is 28.8 Å². The van der Waals surface area contributed by atoms with Crippen LogP contribution in [-0.4, -0.2) is 69.7 Å². The third-order valence-corrected chi connectivity index (χ3v) is 18.3. The Balaban J connectivity index is 1.90. The van der Waals surface area contributed by atoms with Crippen molar-refractivity contribution in [3.05, 3.63) is 32.6 Å². The van der Waals surface area contributed by atoms with E-state index >= 15 is 0 Å². The quantitative estimate of drug-likeness (QED) is 0.566. The van der Waals surface area contributed by atoms with E-state index in [4.69, 9.17) is 22.5 Å². The highest BCUT2D eigenvalue weighted by Gasteiger charge is 2.68. The molecule has 3 aliphatic rings. The first-order chi connectivity index (χ1) is 16.7. The summed E-state index contributed by atoms with van der Waals surface area (Å²) in [6, 6.07) is 0. The highest BCUT2D eigenvalue weighted by atomic mass is 28.5. The van der Waals surface area contributed by atoms with E-state index in [0.29, 0.717) is 12.1 Å². The number of ether oxygens (including phenoxy) is 1. The number of nitrogens with zero attached hydrogens (tertiary/aromatic N) is 2. The molecule has 0 radical (unpaired) electrons. The monoisotopic (exact) mass is 541 g/mol. The summed E-state index contributed by atoms with van der Waals surface area (Å²) in [5, 5.41) is 1.75. The Morgan fingerprint density at radius 3 is 2.14 bits per heavy atom. The second-order valence-corrected chi connectivity index (χ2v) is 20.7. The molecule has 4 rings (SSSR count). The summed E-state index contributed by atoms with van der Waals surface area (Å²) >= 11 is 0. The molecule has 1 aromatic rings. The minimum Gasteiger partial charge on any atom is -0.414 e. The van der Waals surface area contributed by atoms with Crippen LogP contribution in [0.25, 0.3) is 0 Å². The smallest absolute Gasteiger partial charge is 0.335 e. The fourth-order valence-electron chi connectivity index (χ4n) is 6.15. The Kier molecular flexibility index (Phi) is 7.41. The predicted octanol–water partition coefficient (Wildman–Crippen LogP) is 3.31. The number of hydroxylamine groups is 2. The summed E-state index contributed by atoms with van der Waals surface area (Å²) in [6.07, 6.45) is -0.366. The van der Waals surface area contributed by atoms with Gasteiger partial charge in [-0.25, -0.2) is 4.79 Å². The number of H-pyrrole nitrogens is 1. The van der Waals surface area contributed by atoms with Crippen LogP contribution >= 0.6 is 0 Å². The zero-order chi connectivity index (χ0) is 26.8. The van der Waals surface area contributed by atoms with Crippen molar-refractivity contribution in [2.24, 2.45) is 0 Å². The molecule has 2 bridgehead atoms. The Morgan fingerprint density at radius 2 is 1.58 bits per heavy atom. The molecular weight excluding hydrogens is 498 g/mol. The molecule has 1 N–H and O–H groups in total. The third-order valence-electron chi connectivity index (χ3n) is 8.06. The van der Waals surface area contributed by atoms with Gasteiger partial charge in [0.1, 0.15) is 11.7 Å². The average Bonchev–Trinajstić information content (AvgIpc) is 2.92. The van der Waals surface area contributed by atoms with E-state index in [1.807, 2.05) is 7.05 Å². The van der Waals surface area contributed by atoms with Gasteiger partial charge in [-0.3, -0.25) is 19.2 Å². The number of nitrogens with one attached hydrogen (secondary N) is 1. The Morgan fingerprint density at radius 1 is 1.00 bits per heavy atom. The lowest BCUT2D eigenvalue weighted by atomic mass is 9.94. The predicted molar refractivity (Wildman–Crippen MR) is 140 cm³/mol. The van der Waals surface area contributed by atoms with Crippen molar-refractivity contribution in [3.63, 3.8) is 0 Å². The second-order valence-electron chi connectivity index (χ2n) is 11.9. The molecule has 12 heteroatoms. The maximum absolute atomic E-state index is 12.9. The Labute approximate surface area is 215 Å². The third kappa shape index (κ3) is 4.23. The molecule has 3 aliphatic heterocycles. The first kappa shape index (κ1) is 27.9. The maximum Gasteiger partial charge on any atom is 0.335 e. The molecule has 10 nitrogen and oxygen atoms in total. The molecule has 3 saturated heterocycles. The van der Waals surface area contributed by atoms with Crippen LogP contribution in [-0.2, 0) is 22.5 Å². The fraction of sp³-hybridized carbons (Fsp3) is 0.833. The molecular formula is C24H43N3O7Si2.